The average Bonchev–Trinajstić information content (AvgIpc) is 2.38. The summed E-state index contributed by atoms with van der Waals surface area (Å²) in [7, 11) is 0. The summed E-state index contributed by atoms with van der Waals surface area (Å²) in [6.07, 6.45) is 5.64. The summed E-state index contributed by atoms with van der Waals surface area (Å²) in [5.41, 5.74) is 1.59. The molecule has 0 saturated carbocycles. The van der Waals surface area contributed by atoms with Gasteiger partial charge in [-0.15, -0.1) is 0 Å². The first kappa shape index (κ1) is 14.8. The lowest BCUT2D eigenvalue weighted by atomic mass is 9.93. The summed E-state index contributed by atoms with van der Waals surface area (Å²) < 4.78 is 14.9. The number of nitrogens with zero attached hydrogens (tertiary/aromatic N) is 2. The molecule has 1 aliphatic heterocycles. The van der Waals surface area contributed by atoms with Gasteiger partial charge < -0.3 is 4.90 Å². The molecular weight excluding hydrogens is 307 g/mol. The lowest BCUT2D eigenvalue weighted by molar-refractivity contribution is 0.385. The Hall–Kier alpha value is -0.640. The van der Waals surface area contributed by atoms with E-state index in [1.807, 2.05) is 6.92 Å². The lowest BCUT2D eigenvalue weighted by Crippen LogP contribution is -2.36. The van der Waals surface area contributed by atoms with Gasteiger partial charge in [0.1, 0.15) is 4.60 Å². The van der Waals surface area contributed by atoms with Gasteiger partial charge in [0.25, 0.3) is 0 Å². The predicted molar refractivity (Wildman–Crippen MR) is 81.1 cm³/mol. The van der Waals surface area contributed by atoms with Gasteiger partial charge in [0.2, 0.25) is 0 Å². The van der Waals surface area contributed by atoms with E-state index in [9.17, 15) is 4.39 Å². The molecule has 0 N–H and O–H groups in total. The minimum atomic E-state index is -0.143. The van der Waals surface area contributed by atoms with Crippen LogP contribution in [0.2, 0.25) is 0 Å². The third-order valence-corrected chi connectivity index (χ3v) is 4.26. The second kappa shape index (κ2) is 6.69. The number of halogens is 2. The van der Waals surface area contributed by atoms with Crippen LogP contribution in [0, 0.1) is 11.7 Å². The Balaban J connectivity index is 2.25. The van der Waals surface area contributed by atoms with Crippen molar-refractivity contribution in [2.24, 2.45) is 5.92 Å². The molecule has 19 heavy (non-hydrogen) atoms. The van der Waals surface area contributed by atoms with Crippen molar-refractivity contribution in [2.45, 2.75) is 46.0 Å². The van der Waals surface area contributed by atoms with Crippen molar-refractivity contribution in [3.05, 3.63) is 22.2 Å². The maximum Gasteiger partial charge on any atom is 0.151 e. The molecule has 1 fully saturated rings. The Kier molecular flexibility index (Phi) is 5.20. The van der Waals surface area contributed by atoms with Gasteiger partial charge in [-0.3, -0.25) is 0 Å². The molecule has 2 heterocycles. The molecule has 1 saturated heterocycles. The van der Waals surface area contributed by atoms with Gasteiger partial charge in [-0.05, 0) is 47.5 Å². The fourth-order valence-corrected chi connectivity index (χ4v) is 3.43. The molecule has 2 rings (SSSR count). The van der Waals surface area contributed by atoms with Crippen LogP contribution in [0.1, 0.15) is 45.2 Å². The normalized spacial score (nSPS) is 19.8. The van der Waals surface area contributed by atoms with Gasteiger partial charge >= 0.3 is 0 Å². The summed E-state index contributed by atoms with van der Waals surface area (Å²) in [6.45, 7) is 6.18. The first-order chi connectivity index (χ1) is 9.15. The second-order valence-electron chi connectivity index (χ2n) is 5.32. The SMILES string of the molecule is CCCC1CCCN(c2c(F)cc(Br)nc2CC)C1. The van der Waals surface area contributed by atoms with E-state index in [0.717, 1.165) is 37.3 Å². The Bertz CT molecular complexity index is 434. The third kappa shape index (κ3) is 3.47. The molecule has 0 radical (unpaired) electrons. The highest BCUT2D eigenvalue weighted by atomic mass is 79.9. The van der Waals surface area contributed by atoms with E-state index in [-0.39, 0.29) is 5.82 Å². The van der Waals surface area contributed by atoms with Gasteiger partial charge in [0, 0.05) is 19.2 Å². The van der Waals surface area contributed by atoms with Crippen molar-refractivity contribution in [3.8, 4) is 0 Å². The van der Waals surface area contributed by atoms with Crippen molar-refractivity contribution in [3.63, 3.8) is 0 Å². The van der Waals surface area contributed by atoms with Crippen LogP contribution in [0.3, 0.4) is 0 Å². The van der Waals surface area contributed by atoms with Crippen LogP contribution in [0.5, 0.6) is 0 Å². The van der Waals surface area contributed by atoms with E-state index in [1.165, 1.54) is 25.3 Å². The van der Waals surface area contributed by atoms with Crippen LogP contribution >= 0.6 is 15.9 Å². The molecule has 1 aliphatic rings. The molecule has 4 heteroatoms. The fourth-order valence-electron chi connectivity index (χ4n) is 3.02. The Morgan fingerprint density at radius 2 is 2.26 bits per heavy atom. The second-order valence-corrected chi connectivity index (χ2v) is 6.13. The average molecular weight is 329 g/mol. The summed E-state index contributed by atoms with van der Waals surface area (Å²) in [5, 5.41) is 0. The Morgan fingerprint density at radius 1 is 1.47 bits per heavy atom. The number of rotatable bonds is 4. The standard InChI is InChI=1S/C15H22BrFN2/c1-3-6-11-7-5-8-19(10-11)15-12(17)9-14(16)18-13(15)4-2/h9,11H,3-8,10H2,1-2H3. The fraction of sp³-hybridized carbons (Fsp3) is 0.667. The Morgan fingerprint density at radius 3 is 2.95 bits per heavy atom. The number of pyridine rings is 1. The third-order valence-electron chi connectivity index (χ3n) is 3.85. The number of hydrogen-bond acceptors (Lipinski definition) is 2. The van der Waals surface area contributed by atoms with Crippen molar-refractivity contribution in [2.75, 3.05) is 18.0 Å². The highest BCUT2D eigenvalue weighted by molar-refractivity contribution is 9.10. The number of hydrogen-bond donors (Lipinski definition) is 0. The molecule has 0 bridgehead atoms. The zero-order chi connectivity index (χ0) is 13.8. The molecule has 106 valence electrons. The molecule has 1 atom stereocenters. The molecule has 2 nitrogen and oxygen atoms in total. The van der Waals surface area contributed by atoms with Crippen molar-refractivity contribution in [1.82, 2.24) is 4.98 Å². The quantitative estimate of drug-likeness (QED) is 0.753. The van der Waals surface area contributed by atoms with E-state index >= 15 is 0 Å². The molecule has 0 spiro atoms. The zero-order valence-electron chi connectivity index (χ0n) is 11.8. The number of piperidine rings is 1. The predicted octanol–water partition coefficient (Wildman–Crippen LogP) is 4.56. The highest BCUT2D eigenvalue weighted by Crippen LogP contribution is 2.31. The maximum absolute atomic E-state index is 14.3. The van der Waals surface area contributed by atoms with E-state index in [0.29, 0.717) is 10.5 Å². The molecule has 0 aromatic carbocycles. The molecule has 1 aromatic heterocycles. The number of aryl methyl sites for hydroxylation is 1. The zero-order valence-corrected chi connectivity index (χ0v) is 13.3. The van der Waals surface area contributed by atoms with Gasteiger partial charge in [-0.1, -0.05) is 20.3 Å². The highest BCUT2D eigenvalue weighted by Gasteiger charge is 2.24. The van der Waals surface area contributed by atoms with Gasteiger partial charge in [0.15, 0.2) is 5.82 Å². The van der Waals surface area contributed by atoms with Crippen LogP contribution in [0.25, 0.3) is 0 Å². The summed E-state index contributed by atoms with van der Waals surface area (Å²) in [5.74, 6) is 0.558. The largest absolute Gasteiger partial charge is 0.367 e. The van der Waals surface area contributed by atoms with Crippen LogP contribution in [-0.4, -0.2) is 18.1 Å². The smallest absolute Gasteiger partial charge is 0.151 e. The molecule has 0 aliphatic carbocycles. The van der Waals surface area contributed by atoms with E-state index < -0.39 is 0 Å². The first-order valence-corrected chi connectivity index (χ1v) is 8.04. The van der Waals surface area contributed by atoms with Gasteiger partial charge in [0.05, 0.1) is 11.4 Å². The van der Waals surface area contributed by atoms with Crippen LogP contribution in [0.15, 0.2) is 10.7 Å². The van der Waals surface area contributed by atoms with Gasteiger partial charge in [-0.25, -0.2) is 9.37 Å². The van der Waals surface area contributed by atoms with Crippen LogP contribution in [-0.2, 0) is 6.42 Å². The van der Waals surface area contributed by atoms with Gasteiger partial charge in [-0.2, -0.15) is 0 Å². The number of aromatic nitrogens is 1. The van der Waals surface area contributed by atoms with Crippen molar-refractivity contribution >= 4 is 21.6 Å². The molecule has 1 aromatic rings. The maximum atomic E-state index is 14.3. The van der Waals surface area contributed by atoms with Crippen LogP contribution in [0.4, 0.5) is 10.1 Å². The lowest BCUT2D eigenvalue weighted by Gasteiger charge is -2.35. The Labute approximate surface area is 123 Å². The summed E-state index contributed by atoms with van der Waals surface area (Å²) in [6, 6.07) is 1.48. The van der Waals surface area contributed by atoms with E-state index in [4.69, 9.17) is 0 Å². The number of anilines is 1. The molecule has 0 amide bonds. The van der Waals surface area contributed by atoms with Crippen molar-refractivity contribution < 1.29 is 4.39 Å². The summed E-state index contributed by atoms with van der Waals surface area (Å²) in [4.78, 5) is 6.64. The van der Waals surface area contributed by atoms with Crippen LogP contribution < -0.4 is 4.90 Å². The first-order valence-electron chi connectivity index (χ1n) is 7.25. The topological polar surface area (TPSA) is 16.1 Å². The minimum absolute atomic E-state index is 0.143. The van der Waals surface area contributed by atoms with E-state index in [1.54, 1.807) is 0 Å². The molecular formula is C15H22BrFN2. The molecule has 1 unspecified atom stereocenters. The minimum Gasteiger partial charge on any atom is -0.367 e. The van der Waals surface area contributed by atoms with E-state index in [2.05, 4.69) is 32.7 Å². The monoisotopic (exact) mass is 328 g/mol. The summed E-state index contributed by atoms with van der Waals surface area (Å²) >= 11 is 3.28. The van der Waals surface area contributed by atoms with Crippen molar-refractivity contribution in [1.29, 1.82) is 0 Å².